The van der Waals surface area contributed by atoms with Gasteiger partial charge in [0.15, 0.2) is 0 Å². The molecule has 2 N–H and O–H groups in total. The third kappa shape index (κ3) is 3.26. The van der Waals surface area contributed by atoms with Crippen molar-refractivity contribution in [3.05, 3.63) is 0 Å². The van der Waals surface area contributed by atoms with Crippen LogP contribution in [0.5, 0.6) is 0 Å². The van der Waals surface area contributed by atoms with E-state index in [4.69, 9.17) is 5.73 Å². The van der Waals surface area contributed by atoms with E-state index in [0.717, 1.165) is 5.25 Å². The van der Waals surface area contributed by atoms with Crippen LogP contribution in [-0.2, 0) is 0 Å². The van der Waals surface area contributed by atoms with Crippen LogP contribution in [0.4, 0.5) is 0 Å². The van der Waals surface area contributed by atoms with E-state index in [2.05, 4.69) is 30.4 Å². The van der Waals surface area contributed by atoms with Gasteiger partial charge < -0.3 is 5.73 Å². The van der Waals surface area contributed by atoms with Crippen molar-refractivity contribution in [3.8, 4) is 0 Å². The molecule has 0 radical (unpaired) electrons. The number of hydrogen-bond donors (Lipinski definition) is 1. The van der Waals surface area contributed by atoms with Crippen LogP contribution >= 0.6 is 23.5 Å². The van der Waals surface area contributed by atoms with Gasteiger partial charge in [-0.15, -0.1) is 0 Å². The minimum absolute atomic E-state index is 0.442. The molecule has 1 unspecified atom stereocenters. The lowest BCUT2D eigenvalue weighted by molar-refractivity contribution is 0.600. The highest BCUT2D eigenvalue weighted by Crippen LogP contribution is 2.26. The molecule has 0 saturated carbocycles. The summed E-state index contributed by atoms with van der Waals surface area (Å²) < 4.78 is 0. The van der Waals surface area contributed by atoms with Crippen LogP contribution in [-0.4, -0.2) is 28.6 Å². The second-order valence-corrected chi connectivity index (χ2v) is 5.43. The molecular formula is C8H17NS2. The molecule has 0 bridgehead atoms. The fourth-order valence-corrected chi connectivity index (χ4v) is 4.13. The van der Waals surface area contributed by atoms with Gasteiger partial charge >= 0.3 is 0 Å². The molecule has 0 aromatic heterocycles. The van der Waals surface area contributed by atoms with Gasteiger partial charge in [0.05, 0.1) is 0 Å². The summed E-state index contributed by atoms with van der Waals surface area (Å²) >= 11 is 4.12. The molecule has 0 aliphatic carbocycles. The van der Waals surface area contributed by atoms with Crippen LogP contribution < -0.4 is 5.73 Å². The lowest BCUT2D eigenvalue weighted by atomic mass is 10.1. The van der Waals surface area contributed by atoms with Gasteiger partial charge in [-0.3, -0.25) is 0 Å². The van der Waals surface area contributed by atoms with Crippen LogP contribution in [0, 0.1) is 0 Å². The van der Waals surface area contributed by atoms with Crippen LogP contribution in [0.2, 0.25) is 0 Å². The predicted molar refractivity (Wildman–Crippen MR) is 56.5 cm³/mol. The van der Waals surface area contributed by atoms with Crippen molar-refractivity contribution in [2.75, 3.05) is 17.3 Å². The van der Waals surface area contributed by atoms with E-state index < -0.39 is 0 Å². The highest BCUT2D eigenvalue weighted by Gasteiger charge is 2.20. The number of nitrogens with two attached hydrogens (primary N) is 1. The van der Waals surface area contributed by atoms with Gasteiger partial charge in [-0.25, -0.2) is 0 Å². The highest BCUT2D eigenvalue weighted by molar-refractivity contribution is 8.06. The molecule has 1 aliphatic rings. The lowest BCUT2D eigenvalue weighted by Gasteiger charge is -2.26. The molecule has 0 spiro atoms. The minimum atomic E-state index is 0.442. The van der Waals surface area contributed by atoms with E-state index in [0.29, 0.717) is 6.04 Å². The second-order valence-electron chi connectivity index (χ2n) is 2.94. The molecule has 2 atom stereocenters. The molecule has 1 heterocycles. The van der Waals surface area contributed by atoms with Gasteiger partial charge in [0.1, 0.15) is 0 Å². The molecule has 1 saturated heterocycles. The SMILES string of the molecule is CCC[C@@H](N)C1CSCCS1. The summed E-state index contributed by atoms with van der Waals surface area (Å²) in [4.78, 5) is 0. The Balaban J connectivity index is 2.21. The molecule has 3 heteroatoms. The molecule has 66 valence electrons. The Morgan fingerprint density at radius 3 is 2.91 bits per heavy atom. The summed E-state index contributed by atoms with van der Waals surface area (Å²) in [5.41, 5.74) is 6.02. The zero-order valence-electron chi connectivity index (χ0n) is 7.08. The molecule has 0 aromatic rings. The van der Waals surface area contributed by atoms with Gasteiger partial charge in [-0.2, -0.15) is 23.5 Å². The quantitative estimate of drug-likeness (QED) is 0.738. The van der Waals surface area contributed by atoms with E-state index in [1.54, 1.807) is 0 Å². The van der Waals surface area contributed by atoms with E-state index in [9.17, 15) is 0 Å². The van der Waals surface area contributed by atoms with Crippen molar-refractivity contribution >= 4 is 23.5 Å². The Kier molecular flexibility index (Phi) is 4.72. The smallest absolute Gasteiger partial charge is 0.0289 e. The van der Waals surface area contributed by atoms with Gasteiger partial charge in [0.25, 0.3) is 0 Å². The zero-order valence-corrected chi connectivity index (χ0v) is 8.72. The average molecular weight is 191 g/mol. The van der Waals surface area contributed by atoms with E-state index in [1.807, 2.05) is 0 Å². The van der Waals surface area contributed by atoms with Crippen molar-refractivity contribution in [2.45, 2.75) is 31.1 Å². The maximum atomic E-state index is 6.02. The molecule has 11 heavy (non-hydrogen) atoms. The Labute approximate surface area is 77.9 Å². The molecule has 1 aliphatic heterocycles. The average Bonchev–Trinajstić information content (AvgIpc) is 2.07. The van der Waals surface area contributed by atoms with E-state index >= 15 is 0 Å². The van der Waals surface area contributed by atoms with Gasteiger partial charge in [0.2, 0.25) is 0 Å². The Hall–Kier alpha value is 0.660. The third-order valence-electron chi connectivity index (χ3n) is 1.94. The lowest BCUT2D eigenvalue weighted by Crippen LogP contribution is -2.36. The summed E-state index contributed by atoms with van der Waals surface area (Å²) in [6.07, 6.45) is 2.42. The van der Waals surface area contributed by atoms with Crippen LogP contribution in [0.3, 0.4) is 0 Å². The molecule has 1 nitrogen and oxygen atoms in total. The summed E-state index contributed by atoms with van der Waals surface area (Å²) in [6.45, 7) is 2.21. The third-order valence-corrected chi connectivity index (χ3v) is 4.88. The largest absolute Gasteiger partial charge is 0.327 e. The highest BCUT2D eigenvalue weighted by atomic mass is 32.2. The predicted octanol–water partition coefficient (Wildman–Crippen LogP) is 1.96. The Morgan fingerprint density at radius 2 is 2.36 bits per heavy atom. The van der Waals surface area contributed by atoms with E-state index in [1.165, 1.54) is 30.1 Å². The minimum Gasteiger partial charge on any atom is -0.327 e. The maximum absolute atomic E-state index is 6.02. The van der Waals surface area contributed by atoms with Crippen LogP contribution in [0.15, 0.2) is 0 Å². The number of hydrogen-bond acceptors (Lipinski definition) is 3. The molecular weight excluding hydrogens is 174 g/mol. The van der Waals surface area contributed by atoms with Crippen molar-refractivity contribution in [3.63, 3.8) is 0 Å². The number of thioether (sulfide) groups is 2. The van der Waals surface area contributed by atoms with Crippen molar-refractivity contribution in [1.82, 2.24) is 0 Å². The Bertz CT molecular complexity index is 102. The first-order chi connectivity index (χ1) is 5.34. The normalized spacial score (nSPS) is 28.4. The standard InChI is InChI=1S/C8H17NS2/c1-2-3-7(9)8-6-10-4-5-11-8/h7-8H,2-6,9H2,1H3/t7-,8?/m1/s1. The topological polar surface area (TPSA) is 26.0 Å². The maximum Gasteiger partial charge on any atom is 0.0289 e. The number of rotatable bonds is 3. The first kappa shape index (κ1) is 9.75. The first-order valence-corrected chi connectivity index (χ1v) is 6.50. The van der Waals surface area contributed by atoms with Gasteiger partial charge in [0, 0.05) is 28.6 Å². The fraction of sp³-hybridized carbons (Fsp3) is 1.00. The van der Waals surface area contributed by atoms with Crippen LogP contribution in [0.1, 0.15) is 19.8 Å². The fourth-order valence-electron chi connectivity index (χ4n) is 1.27. The molecule has 1 rings (SSSR count). The van der Waals surface area contributed by atoms with Crippen molar-refractivity contribution < 1.29 is 0 Å². The first-order valence-electron chi connectivity index (χ1n) is 4.29. The summed E-state index contributed by atoms with van der Waals surface area (Å²) in [5.74, 6) is 3.89. The Morgan fingerprint density at radius 1 is 1.55 bits per heavy atom. The molecule has 0 amide bonds. The molecule has 1 fully saturated rings. The van der Waals surface area contributed by atoms with Gasteiger partial charge in [-0.1, -0.05) is 13.3 Å². The monoisotopic (exact) mass is 191 g/mol. The van der Waals surface area contributed by atoms with Gasteiger partial charge in [-0.05, 0) is 6.42 Å². The summed E-state index contributed by atoms with van der Waals surface area (Å²) in [6, 6.07) is 0.442. The molecule has 0 aromatic carbocycles. The van der Waals surface area contributed by atoms with Crippen LogP contribution in [0.25, 0.3) is 0 Å². The summed E-state index contributed by atoms with van der Waals surface area (Å²) in [7, 11) is 0. The zero-order chi connectivity index (χ0) is 8.10. The van der Waals surface area contributed by atoms with Crippen molar-refractivity contribution in [1.29, 1.82) is 0 Å². The van der Waals surface area contributed by atoms with Crippen molar-refractivity contribution in [2.24, 2.45) is 5.73 Å². The summed E-state index contributed by atoms with van der Waals surface area (Å²) in [5, 5.41) is 0.730. The van der Waals surface area contributed by atoms with E-state index in [-0.39, 0.29) is 0 Å². The second kappa shape index (κ2) is 5.33.